The molecule has 0 saturated carbocycles. The Kier molecular flexibility index (Phi) is 5.77. The van der Waals surface area contributed by atoms with Gasteiger partial charge >= 0.3 is 0 Å². The van der Waals surface area contributed by atoms with Crippen LogP contribution in [0.3, 0.4) is 0 Å². The summed E-state index contributed by atoms with van der Waals surface area (Å²) in [6, 6.07) is 37.0. The van der Waals surface area contributed by atoms with Crippen LogP contribution in [0.25, 0.3) is 11.1 Å². The van der Waals surface area contributed by atoms with E-state index >= 15 is 0 Å². The number of Topliss-reactive ketones (excluding diaryl/α,β-unsaturated/α-hetero) is 2. The predicted molar refractivity (Wildman–Crippen MR) is 121 cm³/mol. The van der Waals surface area contributed by atoms with Gasteiger partial charge < -0.3 is 0 Å². The standard InChI is InChI=1S/C28H20O2/c29-27(23-17-9-3-10-18-23)25(21-13-5-1-6-14-21)26(22-15-7-2-8-16-22)28(30)24-19-11-4-12-20-24/h1-20H. The van der Waals surface area contributed by atoms with Crippen molar-refractivity contribution in [2.24, 2.45) is 0 Å². The number of carbonyl (C=O) groups excluding carboxylic acids is 2. The lowest BCUT2D eigenvalue weighted by atomic mass is 9.85. The predicted octanol–water partition coefficient (Wildman–Crippen LogP) is 6.36. The molecule has 0 aliphatic rings. The van der Waals surface area contributed by atoms with Crippen molar-refractivity contribution in [3.05, 3.63) is 144 Å². The maximum atomic E-state index is 13.7. The van der Waals surface area contributed by atoms with Gasteiger partial charge in [-0.25, -0.2) is 0 Å². The van der Waals surface area contributed by atoms with E-state index in [9.17, 15) is 9.59 Å². The highest BCUT2D eigenvalue weighted by molar-refractivity contribution is 6.46. The molecule has 0 spiro atoms. The largest absolute Gasteiger partial charge is 0.289 e. The van der Waals surface area contributed by atoms with E-state index in [1.807, 2.05) is 97.1 Å². The zero-order valence-corrected chi connectivity index (χ0v) is 16.4. The summed E-state index contributed by atoms with van der Waals surface area (Å²) < 4.78 is 0. The van der Waals surface area contributed by atoms with Crippen LogP contribution in [0.4, 0.5) is 0 Å². The number of hydrogen-bond acceptors (Lipinski definition) is 2. The first-order chi connectivity index (χ1) is 14.8. The number of carbonyl (C=O) groups is 2. The summed E-state index contributed by atoms with van der Waals surface area (Å²) in [6.45, 7) is 0. The van der Waals surface area contributed by atoms with Crippen molar-refractivity contribution in [1.29, 1.82) is 0 Å². The molecule has 4 rings (SSSR count). The van der Waals surface area contributed by atoms with Gasteiger partial charge in [-0.2, -0.15) is 0 Å². The van der Waals surface area contributed by atoms with Gasteiger partial charge in [0.2, 0.25) is 0 Å². The van der Waals surface area contributed by atoms with Crippen LogP contribution in [0.2, 0.25) is 0 Å². The van der Waals surface area contributed by atoms with E-state index in [4.69, 9.17) is 0 Å². The van der Waals surface area contributed by atoms with Crippen LogP contribution >= 0.6 is 0 Å². The highest BCUT2D eigenvalue weighted by Gasteiger charge is 2.25. The highest BCUT2D eigenvalue weighted by atomic mass is 16.1. The Morgan fingerprint density at radius 3 is 0.833 bits per heavy atom. The molecule has 30 heavy (non-hydrogen) atoms. The Bertz CT molecular complexity index is 1080. The zero-order valence-electron chi connectivity index (χ0n) is 16.4. The molecule has 4 aromatic rings. The van der Waals surface area contributed by atoms with Crippen molar-refractivity contribution < 1.29 is 9.59 Å². The lowest BCUT2D eigenvalue weighted by Gasteiger charge is -2.15. The minimum Gasteiger partial charge on any atom is -0.289 e. The molecule has 0 radical (unpaired) electrons. The van der Waals surface area contributed by atoms with Crippen LogP contribution in [0.1, 0.15) is 31.8 Å². The fourth-order valence-electron chi connectivity index (χ4n) is 3.46. The van der Waals surface area contributed by atoms with Crippen LogP contribution in [0, 0.1) is 0 Å². The normalized spacial score (nSPS) is 11.5. The van der Waals surface area contributed by atoms with E-state index in [0.717, 1.165) is 11.1 Å². The molecule has 0 saturated heterocycles. The van der Waals surface area contributed by atoms with Crippen molar-refractivity contribution >= 4 is 22.7 Å². The average Bonchev–Trinajstić information content (AvgIpc) is 2.84. The zero-order chi connectivity index (χ0) is 20.8. The SMILES string of the molecule is O=C(C(=C(C(=O)c1ccccc1)c1ccccc1)c1ccccc1)c1ccccc1. The third-order valence-corrected chi connectivity index (χ3v) is 4.90. The van der Waals surface area contributed by atoms with Gasteiger partial charge in [0.1, 0.15) is 0 Å². The van der Waals surface area contributed by atoms with Crippen molar-refractivity contribution in [1.82, 2.24) is 0 Å². The minimum absolute atomic E-state index is 0.176. The Hall–Kier alpha value is -4.04. The van der Waals surface area contributed by atoms with Gasteiger partial charge in [-0.1, -0.05) is 121 Å². The minimum atomic E-state index is -0.176. The van der Waals surface area contributed by atoms with E-state index < -0.39 is 0 Å². The summed E-state index contributed by atoms with van der Waals surface area (Å²) in [5.74, 6) is -0.352. The molecule has 2 nitrogen and oxygen atoms in total. The van der Waals surface area contributed by atoms with Crippen molar-refractivity contribution in [2.75, 3.05) is 0 Å². The van der Waals surface area contributed by atoms with Gasteiger partial charge in [-0.05, 0) is 11.1 Å². The fraction of sp³-hybridized carbons (Fsp3) is 0. The van der Waals surface area contributed by atoms with E-state index in [0.29, 0.717) is 22.3 Å². The number of hydrogen-bond donors (Lipinski definition) is 0. The molecule has 0 N–H and O–H groups in total. The quantitative estimate of drug-likeness (QED) is 0.219. The molecular weight excluding hydrogens is 368 g/mol. The summed E-state index contributed by atoms with van der Waals surface area (Å²) in [5, 5.41) is 0. The molecule has 0 heterocycles. The lowest BCUT2D eigenvalue weighted by molar-refractivity contribution is 0.103. The number of benzene rings is 4. The molecule has 4 aromatic carbocycles. The van der Waals surface area contributed by atoms with Gasteiger partial charge in [0.05, 0.1) is 0 Å². The first-order valence-electron chi connectivity index (χ1n) is 9.80. The summed E-state index contributed by atoms with van der Waals surface area (Å²) in [7, 11) is 0. The maximum Gasteiger partial charge on any atom is 0.194 e. The summed E-state index contributed by atoms with van der Waals surface area (Å²) in [6.07, 6.45) is 0. The van der Waals surface area contributed by atoms with Gasteiger partial charge in [0, 0.05) is 22.3 Å². The van der Waals surface area contributed by atoms with E-state index in [1.165, 1.54) is 0 Å². The van der Waals surface area contributed by atoms with Crippen LogP contribution in [-0.2, 0) is 0 Å². The van der Waals surface area contributed by atoms with E-state index in [2.05, 4.69) is 0 Å². The molecule has 2 heteroatoms. The van der Waals surface area contributed by atoms with Gasteiger partial charge in [-0.3, -0.25) is 9.59 Å². The number of allylic oxidation sites excluding steroid dienone is 2. The molecule has 0 bridgehead atoms. The number of ketones is 2. The van der Waals surface area contributed by atoms with Gasteiger partial charge in [0.25, 0.3) is 0 Å². The maximum absolute atomic E-state index is 13.7. The molecule has 0 aliphatic carbocycles. The monoisotopic (exact) mass is 388 g/mol. The summed E-state index contributed by atoms with van der Waals surface area (Å²) in [5.41, 5.74) is 3.34. The Morgan fingerprint density at radius 2 is 0.567 bits per heavy atom. The molecular formula is C28H20O2. The Balaban J connectivity index is 2.03. The topological polar surface area (TPSA) is 34.1 Å². The van der Waals surface area contributed by atoms with Crippen molar-refractivity contribution in [3.8, 4) is 0 Å². The average molecular weight is 388 g/mol. The summed E-state index contributed by atoms with van der Waals surface area (Å²) >= 11 is 0. The third kappa shape index (κ3) is 4.03. The highest BCUT2D eigenvalue weighted by Crippen LogP contribution is 2.32. The van der Waals surface area contributed by atoms with Crippen molar-refractivity contribution in [2.45, 2.75) is 0 Å². The molecule has 0 aromatic heterocycles. The third-order valence-electron chi connectivity index (χ3n) is 4.90. The molecule has 0 fully saturated rings. The smallest absolute Gasteiger partial charge is 0.194 e. The number of rotatable bonds is 6. The Morgan fingerprint density at radius 1 is 0.333 bits per heavy atom. The van der Waals surface area contributed by atoms with Crippen LogP contribution in [0.15, 0.2) is 121 Å². The second-order valence-corrected chi connectivity index (χ2v) is 6.87. The molecule has 0 amide bonds. The van der Waals surface area contributed by atoms with Gasteiger partial charge in [0.15, 0.2) is 11.6 Å². The Labute approximate surface area is 176 Å². The molecule has 0 atom stereocenters. The first kappa shape index (κ1) is 19.3. The van der Waals surface area contributed by atoms with Crippen LogP contribution in [-0.4, -0.2) is 11.6 Å². The van der Waals surface area contributed by atoms with Crippen molar-refractivity contribution in [3.63, 3.8) is 0 Å². The molecule has 0 unspecified atom stereocenters. The second kappa shape index (κ2) is 8.97. The molecule has 144 valence electrons. The summed E-state index contributed by atoms with van der Waals surface area (Å²) in [4.78, 5) is 27.4. The van der Waals surface area contributed by atoms with Crippen LogP contribution < -0.4 is 0 Å². The van der Waals surface area contributed by atoms with Gasteiger partial charge in [-0.15, -0.1) is 0 Å². The lowest BCUT2D eigenvalue weighted by Crippen LogP contribution is -2.12. The second-order valence-electron chi connectivity index (χ2n) is 6.87. The van der Waals surface area contributed by atoms with E-state index in [1.54, 1.807) is 24.3 Å². The van der Waals surface area contributed by atoms with Crippen LogP contribution in [0.5, 0.6) is 0 Å². The first-order valence-corrected chi connectivity index (χ1v) is 9.80. The molecule has 0 aliphatic heterocycles. The van der Waals surface area contributed by atoms with E-state index in [-0.39, 0.29) is 11.6 Å². The fourth-order valence-corrected chi connectivity index (χ4v) is 3.46.